The van der Waals surface area contributed by atoms with Gasteiger partial charge in [-0.3, -0.25) is 0 Å². The minimum absolute atomic E-state index is 0.157. The van der Waals surface area contributed by atoms with E-state index in [1.54, 1.807) is 7.11 Å². The van der Waals surface area contributed by atoms with Crippen molar-refractivity contribution in [1.29, 1.82) is 0 Å². The zero-order valence-corrected chi connectivity index (χ0v) is 11.9. The summed E-state index contributed by atoms with van der Waals surface area (Å²) in [7, 11) is 1.61. The van der Waals surface area contributed by atoms with E-state index in [4.69, 9.17) is 31.5 Å². The van der Waals surface area contributed by atoms with Gasteiger partial charge in [0.1, 0.15) is 6.61 Å². The quantitative estimate of drug-likeness (QED) is 0.872. The molecule has 0 saturated carbocycles. The van der Waals surface area contributed by atoms with Crippen molar-refractivity contribution in [2.45, 2.75) is 25.4 Å². The van der Waals surface area contributed by atoms with Gasteiger partial charge in [-0.05, 0) is 43.5 Å². The second-order valence-electron chi connectivity index (χ2n) is 4.59. The summed E-state index contributed by atoms with van der Waals surface area (Å²) < 4.78 is 16.6. The van der Waals surface area contributed by atoms with E-state index in [1.807, 2.05) is 12.1 Å². The number of nitrogens with two attached hydrogens (primary N) is 1. The zero-order valence-electron chi connectivity index (χ0n) is 11.2. The Morgan fingerprint density at radius 1 is 1.47 bits per heavy atom. The minimum atomic E-state index is 0.157. The summed E-state index contributed by atoms with van der Waals surface area (Å²) in [5.41, 5.74) is 6.60. The number of rotatable bonds is 6. The van der Waals surface area contributed by atoms with Crippen molar-refractivity contribution >= 4 is 11.6 Å². The molecule has 1 aromatic rings. The molecule has 0 aromatic heterocycles. The fraction of sp³-hybridized carbons (Fsp3) is 0.571. The Morgan fingerprint density at radius 3 is 2.95 bits per heavy atom. The molecule has 0 spiro atoms. The van der Waals surface area contributed by atoms with Gasteiger partial charge in [-0.2, -0.15) is 0 Å². The van der Waals surface area contributed by atoms with E-state index >= 15 is 0 Å². The van der Waals surface area contributed by atoms with Gasteiger partial charge in [-0.1, -0.05) is 11.6 Å². The average molecular weight is 286 g/mol. The highest BCUT2D eigenvalue weighted by molar-refractivity contribution is 6.32. The summed E-state index contributed by atoms with van der Waals surface area (Å²) in [6.07, 6.45) is 3.05. The van der Waals surface area contributed by atoms with Crippen molar-refractivity contribution in [3.8, 4) is 11.5 Å². The Kier molecular flexibility index (Phi) is 5.31. The van der Waals surface area contributed by atoms with Crippen LogP contribution < -0.4 is 15.2 Å². The van der Waals surface area contributed by atoms with Crippen molar-refractivity contribution in [2.75, 3.05) is 26.9 Å². The maximum Gasteiger partial charge on any atom is 0.179 e. The van der Waals surface area contributed by atoms with Crippen molar-refractivity contribution < 1.29 is 14.2 Å². The van der Waals surface area contributed by atoms with Gasteiger partial charge < -0.3 is 19.9 Å². The molecule has 5 heteroatoms. The second-order valence-corrected chi connectivity index (χ2v) is 5.00. The van der Waals surface area contributed by atoms with Crippen LogP contribution in [0.5, 0.6) is 11.5 Å². The lowest BCUT2D eigenvalue weighted by Crippen LogP contribution is -2.16. The second kappa shape index (κ2) is 6.98. The van der Waals surface area contributed by atoms with Gasteiger partial charge in [0.2, 0.25) is 0 Å². The number of ether oxygens (including phenoxy) is 3. The fourth-order valence-corrected chi connectivity index (χ4v) is 2.46. The molecule has 1 unspecified atom stereocenters. The summed E-state index contributed by atoms with van der Waals surface area (Å²) in [5, 5.41) is 0.556. The highest BCUT2D eigenvalue weighted by Crippen LogP contribution is 2.36. The molecule has 1 aliphatic rings. The van der Waals surface area contributed by atoms with Crippen molar-refractivity contribution in [3.05, 3.63) is 22.7 Å². The molecule has 1 fully saturated rings. The van der Waals surface area contributed by atoms with Gasteiger partial charge in [-0.15, -0.1) is 0 Å². The topological polar surface area (TPSA) is 53.7 Å². The smallest absolute Gasteiger partial charge is 0.179 e. The maximum absolute atomic E-state index is 6.25. The van der Waals surface area contributed by atoms with Gasteiger partial charge in [0.05, 0.1) is 18.2 Å². The number of benzene rings is 1. The average Bonchev–Trinajstić information content (AvgIpc) is 2.90. The summed E-state index contributed by atoms with van der Waals surface area (Å²) >= 11 is 6.25. The molecule has 0 aliphatic carbocycles. The Hall–Kier alpha value is -0.970. The van der Waals surface area contributed by atoms with E-state index in [2.05, 4.69) is 0 Å². The maximum atomic E-state index is 6.25. The van der Waals surface area contributed by atoms with Crippen LogP contribution in [-0.4, -0.2) is 33.0 Å². The molecule has 1 aromatic carbocycles. The first-order chi connectivity index (χ1) is 9.24. The third-order valence-electron chi connectivity index (χ3n) is 3.16. The van der Waals surface area contributed by atoms with Gasteiger partial charge in [0, 0.05) is 6.61 Å². The van der Waals surface area contributed by atoms with Gasteiger partial charge in [-0.25, -0.2) is 0 Å². The van der Waals surface area contributed by atoms with Crippen LogP contribution in [0, 0.1) is 0 Å². The van der Waals surface area contributed by atoms with Gasteiger partial charge in [0.25, 0.3) is 0 Å². The number of hydrogen-bond acceptors (Lipinski definition) is 4. The molecule has 0 bridgehead atoms. The van der Waals surface area contributed by atoms with Crippen LogP contribution in [0.25, 0.3) is 0 Å². The first kappa shape index (κ1) is 14.4. The third kappa shape index (κ3) is 3.75. The van der Waals surface area contributed by atoms with Crippen LogP contribution in [0.1, 0.15) is 18.4 Å². The Bertz CT molecular complexity index is 419. The summed E-state index contributed by atoms with van der Waals surface area (Å²) in [6, 6.07) is 3.80. The van der Waals surface area contributed by atoms with E-state index < -0.39 is 0 Å². The lowest BCUT2D eigenvalue weighted by Gasteiger charge is -2.16. The molecule has 19 heavy (non-hydrogen) atoms. The predicted octanol–water partition coefficient (Wildman–Crippen LogP) is 2.41. The van der Waals surface area contributed by atoms with Gasteiger partial charge in [0.15, 0.2) is 11.5 Å². The normalized spacial score (nSPS) is 18.6. The van der Waals surface area contributed by atoms with E-state index in [-0.39, 0.29) is 6.10 Å². The lowest BCUT2D eigenvalue weighted by molar-refractivity contribution is 0.0670. The molecule has 1 heterocycles. The van der Waals surface area contributed by atoms with E-state index in [0.29, 0.717) is 29.7 Å². The molecule has 2 rings (SSSR count). The van der Waals surface area contributed by atoms with E-state index in [1.165, 1.54) is 0 Å². The molecule has 4 nitrogen and oxygen atoms in total. The molecule has 0 amide bonds. The van der Waals surface area contributed by atoms with Crippen LogP contribution in [0.15, 0.2) is 12.1 Å². The SMILES string of the molecule is COc1cc(CCN)cc(Cl)c1OCC1CCCO1. The number of hydrogen-bond donors (Lipinski definition) is 1. The monoisotopic (exact) mass is 285 g/mol. The first-order valence-corrected chi connectivity index (χ1v) is 6.93. The van der Waals surface area contributed by atoms with Crippen LogP contribution >= 0.6 is 11.6 Å². The van der Waals surface area contributed by atoms with Crippen molar-refractivity contribution in [1.82, 2.24) is 0 Å². The summed E-state index contributed by atoms with van der Waals surface area (Å²) in [6.45, 7) is 1.90. The Balaban J connectivity index is 2.09. The predicted molar refractivity (Wildman–Crippen MR) is 75.2 cm³/mol. The molecule has 1 aliphatic heterocycles. The van der Waals surface area contributed by atoms with Crippen LogP contribution in [0.3, 0.4) is 0 Å². The molecule has 106 valence electrons. The van der Waals surface area contributed by atoms with Crippen LogP contribution in [0.2, 0.25) is 5.02 Å². The van der Waals surface area contributed by atoms with E-state index in [0.717, 1.165) is 31.4 Å². The van der Waals surface area contributed by atoms with Crippen LogP contribution in [0.4, 0.5) is 0 Å². The molecule has 1 atom stereocenters. The summed E-state index contributed by atoms with van der Waals surface area (Å²) in [4.78, 5) is 0. The molecule has 2 N–H and O–H groups in total. The number of halogens is 1. The third-order valence-corrected chi connectivity index (χ3v) is 3.44. The standard InChI is InChI=1S/C14H20ClNO3/c1-17-13-8-10(4-5-16)7-12(15)14(13)19-9-11-3-2-6-18-11/h7-8,11H,2-6,9,16H2,1H3. The molecular formula is C14H20ClNO3. The highest BCUT2D eigenvalue weighted by atomic mass is 35.5. The fourth-order valence-electron chi connectivity index (χ4n) is 2.18. The van der Waals surface area contributed by atoms with Crippen molar-refractivity contribution in [2.24, 2.45) is 5.73 Å². The lowest BCUT2D eigenvalue weighted by atomic mass is 10.1. The largest absolute Gasteiger partial charge is 0.493 e. The van der Waals surface area contributed by atoms with Crippen molar-refractivity contribution in [3.63, 3.8) is 0 Å². The van der Waals surface area contributed by atoms with Gasteiger partial charge >= 0.3 is 0 Å². The minimum Gasteiger partial charge on any atom is -0.493 e. The first-order valence-electron chi connectivity index (χ1n) is 6.55. The van der Waals surface area contributed by atoms with E-state index in [9.17, 15) is 0 Å². The molecular weight excluding hydrogens is 266 g/mol. The van der Waals surface area contributed by atoms with Crippen LogP contribution in [-0.2, 0) is 11.2 Å². The highest BCUT2D eigenvalue weighted by Gasteiger charge is 2.18. The Labute approximate surface area is 118 Å². The molecule has 1 saturated heterocycles. The zero-order chi connectivity index (χ0) is 13.7. The Morgan fingerprint density at radius 2 is 2.32 bits per heavy atom. The number of methoxy groups -OCH3 is 1. The molecule has 0 radical (unpaired) electrons. The summed E-state index contributed by atoms with van der Waals surface area (Å²) in [5.74, 6) is 1.23.